The Morgan fingerprint density at radius 2 is 1.73 bits per heavy atom. The average Bonchev–Trinajstić information content (AvgIpc) is 3.46. The van der Waals surface area contributed by atoms with Crippen LogP contribution in [0.15, 0.2) is 91.5 Å². The summed E-state index contributed by atoms with van der Waals surface area (Å²) in [5.41, 5.74) is 4.11. The lowest BCUT2D eigenvalue weighted by atomic mass is 10.1. The van der Waals surface area contributed by atoms with Crippen molar-refractivity contribution in [2.45, 2.75) is 38.3 Å². The Morgan fingerprint density at radius 3 is 2.49 bits per heavy atom. The van der Waals surface area contributed by atoms with Crippen LogP contribution in [0.4, 0.5) is 17.1 Å². The Morgan fingerprint density at radius 1 is 0.919 bits per heavy atom. The Bertz CT molecular complexity index is 1330. The van der Waals surface area contributed by atoms with Gasteiger partial charge in [-0.25, -0.2) is 0 Å². The van der Waals surface area contributed by atoms with Crippen molar-refractivity contribution < 1.29 is 14.3 Å². The number of ether oxygens (including phenoxy) is 2. The molecule has 0 saturated heterocycles. The molecule has 2 aromatic heterocycles. The van der Waals surface area contributed by atoms with Crippen molar-refractivity contribution in [2.75, 3.05) is 17.3 Å². The summed E-state index contributed by atoms with van der Waals surface area (Å²) >= 11 is 0. The van der Waals surface area contributed by atoms with E-state index in [2.05, 4.69) is 20.2 Å². The third-order valence-electron chi connectivity index (χ3n) is 6.48. The first-order chi connectivity index (χ1) is 18.2. The Hall–Kier alpha value is -4.39. The zero-order valence-electron chi connectivity index (χ0n) is 20.8. The first-order valence-corrected chi connectivity index (χ1v) is 12.5. The molecule has 1 N–H and O–H groups in total. The number of hydrogen-bond acceptors (Lipinski definition) is 6. The molecule has 1 fully saturated rings. The van der Waals surface area contributed by atoms with Crippen LogP contribution < -0.4 is 19.7 Å². The molecule has 0 unspecified atom stereocenters. The van der Waals surface area contributed by atoms with E-state index in [1.165, 1.54) is 12.8 Å². The molecule has 2 aromatic carbocycles. The van der Waals surface area contributed by atoms with Gasteiger partial charge in [-0.2, -0.15) is 0 Å². The van der Waals surface area contributed by atoms with E-state index in [9.17, 15) is 4.79 Å². The number of rotatable bonds is 9. The van der Waals surface area contributed by atoms with Crippen molar-refractivity contribution in [1.29, 1.82) is 0 Å². The second-order valence-electron chi connectivity index (χ2n) is 9.05. The van der Waals surface area contributed by atoms with Gasteiger partial charge in [-0.15, -0.1) is 0 Å². The number of carbonyl (C=O) groups excluding carboxylic acids is 1. The molecule has 2 heterocycles. The highest BCUT2D eigenvalue weighted by Gasteiger charge is 2.21. The summed E-state index contributed by atoms with van der Waals surface area (Å²) in [5.74, 6) is 1.26. The molecule has 4 aromatic rings. The van der Waals surface area contributed by atoms with E-state index in [0.717, 1.165) is 35.5 Å². The second-order valence-corrected chi connectivity index (χ2v) is 9.05. The number of hydrogen-bond donors (Lipinski definition) is 1. The maximum Gasteiger partial charge on any atom is 0.255 e. The van der Waals surface area contributed by atoms with Crippen LogP contribution in [0.25, 0.3) is 0 Å². The number of nitrogens with zero attached hydrogens (tertiary/aromatic N) is 3. The normalized spacial score (nSPS) is 13.2. The van der Waals surface area contributed by atoms with Crippen molar-refractivity contribution in [3.05, 3.63) is 103 Å². The molecular formula is C30H30N4O3. The van der Waals surface area contributed by atoms with E-state index in [1.54, 1.807) is 37.8 Å². The van der Waals surface area contributed by atoms with Gasteiger partial charge in [0.15, 0.2) is 11.5 Å². The van der Waals surface area contributed by atoms with E-state index in [4.69, 9.17) is 9.47 Å². The third kappa shape index (κ3) is 6.06. The number of benzene rings is 2. The first-order valence-electron chi connectivity index (χ1n) is 12.5. The lowest BCUT2D eigenvalue weighted by molar-refractivity contribution is 0.102. The maximum absolute atomic E-state index is 13.0. The van der Waals surface area contributed by atoms with Crippen molar-refractivity contribution in [3.63, 3.8) is 0 Å². The summed E-state index contributed by atoms with van der Waals surface area (Å²) < 4.78 is 12.0. The van der Waals surface area contributed by atoms with Crippen LogP contribution in [0.2, 0.25) is 0 Å². The largest absolute Gasteiger partial charge is 0.493 e. The molecule has 37 heavy (non-hydrogen) atoms. The SMILES string of the molecule is COc1ccc(N(Cc2cccnc2)c2cccc(C(=O)Nc3ccncc3)c2)cc1OC1CCCC1. The van der Waals surface area contributed by atoms with E-state index >= 15 is 0 Å². The fourth-order valence-corrected chi connectivity index (χ4v) is 4.57. The van der Waals surface area contributed by atoms with Crippen LogP contribution in [0.5, 0.6) is 11.5 Å². The molecule has 7 heteroatoms. The second kappa shape index (κ2) is 11.6. The zero-order chi connectivity index (χ0) is 25.5. The molecule has 1 saturated carbocycles. The lowest BCUT2D eigenvalue weighted by Gasteiger charge is -2.27. The Kier molecular flexibility index (Phi) is 7.60. The molecule has 0 bridgehead atoms. The quantitative estimate of drug-likeness (QED) is 0.290. The predicted octanol–water partition coefficient (Wildman–Crippen LogP) is 6.40. The van der Waals surface area contributed by atoms with Crippen LogP contribution in [0.3, 0.4) is 0 Å². The molecule has 7 nitrogen and oxygen atoms in total. The Labute approximate surface area is 217 Å². The van der Waals surface area contributed by atoms with E-state index in [0.29, 0.717) is 23.5 Å². The van der Waals surface area contributed by atoms with Gasteiger partial charge in [-0.3, -0.25) is 14.8 Å². The van der Waals surface area contributed by atoms with E-state index in [-0.39, 0.29) is 12.0 Å². The highest BCUT2D eigenvalue weighted by atomic mass is 16.5. The summed E-state index contributed by atoms with van der Waals surface area (Å²) in [6, 6.07) is 21.1. The number of nitrogens with one attached hydrogen (secondary N) is 1. The number of methoxy groups -OCH3 is 1. The molecule has 1 amide bonds. The number of aromatic nitrogens is 2. The molecule has 0 spiro atoms. The summed E-state index contributed by atoms with van der Waals surface area (Å²) in [5, 5.41) is 2.93. The van der Waals surface area contributed by atoms with Crippen molar-refractivity contribution in [1.82, 2.24) is 9.97 Å². The molecule has 5 rings (SSSR count). The fourth-order valence-electron chi connectivity index (χ4n) is 4.57. The number of carbonyl (C=O) groups is 1. The molecule has 188 valence electrons. The minimum Gasteiger partial charge on any atom is -0.493 e. The molecule has 1 aliphatic carbocycles. The van der Waals surface area contributed by atoms with E-state index < -0.39 is 0 Å². The smallest absolute Gasteiger partial charge is 0.255 e. The van der Waals surface area contributed by atoms with Crippen LogP contribution >= 0.6 is 0 Å². The first kappa shape index (κ1) is 24.3. The minimum absolute atomic E-state index is 0.186. The average molecular weight is 495 g/mol. The number of amides is 1. The predicted molar refractivity (Wildman–Crippen MR) is 145 cm³/mol. The fraction of sp³-hybridized carbons (Fsp3) is 0.233. The van der Waals surface area contributed by atoms with Crippen LogP contribution in [-0.4, -0.2) is 29.1 Å². The van der Waals surface area contributed by atoms with Gasteiger partial charge in [0, 0.05) is 60.0 Å². The zero-order valence-corrected chi connectivity index (χ0v) is 20.8. The molecule has 0 atom stereocenters. The third-order valence-corrected chi connectivity index (χ3v) is 6.48. The van der Waals surface area contributed by atoms with Gasteiger partial charge in [0.2, 0.25) is 0 Å². The Balaban J connectivity index is 1.48. The lowest BCUT2D eigenvalue weighted by Crippen LogP contribution is -2.19. The van der Waals surface area contributed by atoms with Crippen LogP contribution in [0.1, 0.15) is 41.6 Å². The number of pyridine rings is 2. The van der Waals surface area contributed by atoms with Gasteiger partial charge in [0.25, 0.3) is 5.91 Å². The van der Waals surface area contributed by atoms with Crippen LogP contribution in [0, 0.1) is 0 Å². The highest BCUT2D eigenvalue weighted by molar-refractivity contribution is 6.04. The molecule has 0 radical (unpaired) electrons. The minimum atomic E-state index is -0.186. The number of anilines is 3. The van der Waals surface area contributed by atoms with Gasteiger partial charge < -0.3 is 19.7 Å². The molecular weight excluding hydrogens is 464 g/mol. The highest BCUT2D eigenvalue weighted by Crippen LogP contribution is 2.38. The topological polar surface area (TPSA) is 76.6 Å². The van der Waals surface area contributed by atoms with E-state index in [1.807, 2.05) is 60.8 Å². The molecule has 1 aliphatic rings. The molecule has 0 aliphatic heterocycles. The standard InChI is InChI=1S/C30H30N4O3/c1-36-28-12-11-26(19-29(28)37-27-9-2-3-10-27)34(21-22-6-5-15-32-20-22)25-8-4-7-23(18-25)30(35)33-24-13-16-31-17-14-24/h4-8,11-20,27H,2-3,9-10,21H2,1H3,(H,31,33,35). The van der Waals surface area contributed by atoms with Crippen molar-refractivity contribution >= 4 is 23.0 Å². The van der Waals surface area contributed by atoms with Gasteiger partial charge in [0.05, 0.1) is 13.2 Å². The van der Waals surface area contributed by atoms with Gasteiger partial charge in [-0.1, -0.05) is 12.1 Å². The maximum atomic E-state index is 13.0. The summed E-state index contributed by atoms with van der Waals surface area (Å²) in [6.07, 6.45) is 11.6. The van der Waals surface area contributed by atoms with Crippen molar-refractivity contribution in [2.24, 2.45) is 0 Å². The van der Waals surface area contributed by atoms with Gasteiger partial charge in [-0.05, 0) is 79.8 Å². The summed E-state index contributed by atoms with van der Waals surface area (Å²) in [7, 11) is 1.66. The van der Waals surface area contributed by atoms with Gasteiger partial charge >= 0.3 is 0 Å². The summed E-state index contributed by atoms with van der Waals surface area (Å²) in [4.78, 5) is 23.5. The monoisotopic (exact) mass is 494 g/mol. The van der Waals surface area contributed by atoms with Crippen molar-refractivity contribution in [3.8, 4) is 11.5 Å². The van der Waals surface area contributed by atoms with Crippen LogP contribution in [-0.2, 0) is 6.54 Å². The summed E-state index contributed by atoms with van der Waals surface area (Å²) in [6.45, 7) is 0.568. The van der Waals surface area contributed by atoms with Gasteiger partial charge in [0.1, 0.15) is 0 Å².